The molecule has 7 nitrogen and oxygen atoms in total. The average molecular weight is 375 g/mol. The summed E-state index contributed by atoms with van der Waals surface area (Å²) < 4.78 is 0. The number of carbonyl (C=O) groups is 3. The topological polar surface area (TPSA) is 89.9 Å². The highest BCUT2D eigenvalue weighted by Gasteiger charge is 2.26. The molecule has 0 saturated carbocycles. The van der Waals surface area contributed by atoms with Gasteiger partial charge in [0.25, 0.3) is 0 Å². The van der Waals surface area contributed by atoms with E-state index >= 15 is 0 Å². The number of carboxylic acid groups (broad SMARTS) is 1. The second kappa shape index (κ2) is 10.5. The van der Waals surface area contributed by atoms with Crippen LogP contribution in [-0.2, 0) is 16.0 Å². The van der Waals surface area contributed by atoms with E-state index in [1.165, 1.54) is 4.90 Å². The van der Waals surface area contributed by atoms with Crippen LogP contribution >= 0.6 is 0 Å². The Labute approximate surface area is 160 Å². The van der Waals surface area contributed by atoms with Gasteiger partial charge >= 0.3 is 12.0 Å². The number of hydrogen-bond donors (Lipinski definition) is 2. The lowest BCUT2D eigenvalue weighted by Gasteiger charge is -2.25. The molecule has 0 spiro atoms. The third-order valence-corrected chi connectivity index (χ3v) is 4.67. The van der Waals surface area contributed by atoms with Crippen molar-refractivity contribution in [2.24, 2.45) is 0 Å². The zero-order valence-corrected chi connectivity index (χ0v) is 15.9. The lowest BCUT2D eigenvalue weighted by molar-refractivity contribution is -0.137. The lowest BCUT2D eigenvalue weighted by atomic mass is 10.0. The highest BCUT2D eigenvalue weighted by molar-refractivity contribution is 5.84. The summed E-state index contributed by atoms with van der Waals surface area (Å²) in [5.41, 5.74) is 1.04. The van der Waals surface area contributed by atoms with Crippen molar-refractivity contribution in [3.8, 4) is 0 Å². The van der Waals surface area contributed by atoms with Crippen molar-refractivity contribution in [3.63, 3.8) is 0 Å². The summed E-state index contributed by atoms with van der Waals surface area (Å²) in [6, 6.07) is 9.08. The van der Waals surface area contributed by atoms with Gasteiger partial charge in [-0.05, 0) is 31.2 Å². The molecule has 0 radical (unpaired) electrons. The molecule has 1 aliphatic rings. The Hall–Kier alpha value is -2.57. The summed E-state index contributed by atoms with van der Waals surface area (Å²) in [5, 5.41) is 11.9. The van der Waals surface area contributed by atoms with Gasteiger partial charge in [-0.2, -0.15) is 0 Å². The van der Waals surface area contributed by atoms with Gasteiger partial charge in [0.05, 0.1) is 0 Å². The van der Waals surface area contributed by atoms with E-state index in [1.54, 1.807) is 4.90 Å². The van der Waals surface area contributed by atoms with Crippen LogP contribution in [0.25, 0.3) is 0 Å². The summed E-state index contributed by atoms with van der Waals surface area (Å²) in [7, 11) is 0. The number of nitrogens with zero attached hydrogens (tertiary/aromatic N) is 2. The van der Waals surface area contributed by atoms with Gasteiger partial charge in [-0.15, -0.1) is 0 Å². The Morgan fingerprint density at radius 3 is 2.63 bits per heavy atom. The Balaban J connectivity index is 1.98. The van der Waals surface area contributed by atoms with Crippen LogP contribution in [0.1, 0.15) is 38.2 Å². The maximum absolute atomic E-state index is 12.7. The Morgan fingerprint density at radius 2 is 1.96 bits per heavy atom. The van der Waals surface area contributed by atoms with Gasteiger partial charge in [0.2, 0.25) is 5.91 Å². The first-order chi connectivity index (χ1) is 13.0. The van der Waals surface area contributed by atoms with Crippen molar-refractivity contribution in [2.75, 3.05) is 26.2 Å². The minimum Gasteiger partial charge on any atom is -0.481 e. The molecule has 1 aromatic carbocycles. The third kappa shape index (κ3) is 6.92. The lowest BCUT2D eigenvalue weighted by Crippen LogP contribution is -2.48. The molecule has 2 N–H and O–H groups in total. The van der Waals surface area contributed by atoms with Crippen LogP contribution in [0.15, 0.2) is 30.3 Å². The number of nitrogens with one attached hydrogen (secondary N) is 1. The minimum atomic E-state index is -0.887. The van der Waals surface area contributed by atoms with Crippen molar-refractivity contribution in [1.82, 2.24) is 15.1 Å². The van der Waals surface area contributed by atoms with E-state index in [0.717, 1.165) is 18.4 Å². The highest BCUT2D eigenvalue weighted by atomic mass is 16.4. The van der Waals surface area contributed by atoms with Gasteiger partial charge < -0.3 is 20.2 Å². The molecule has 27 heavy (non-hydrogen) atoms. The van der Waals surface area contributed by atoms with Gasteiger partial charge in [-0.3, -0.25) is 9.59 Å². The van der Waals surface area contributed by atoms with Crippen LogP contribution < -0.4 is 5.32 Å². The number of carbonyl (C=O) groups excluding carboxylic acids is 2. The van der Waals surface area contributed by atoms with Crippen molar-refractivity contribution < 1.29 is 19.5 Å². The van der Waals surface area contributed by atoms with Crippen molar-refractivity contribution in [1.29, 1.82) is 0 Å². The summed E-state index contributed by atoms with van der Waals surface area (Å²) >= 11 is 0. The minimum absolute atomic E-state index is 0.0129. The maximum atomic E-state index is 12.7. The zero-order valence-electron chi connectivity index (χ0n) is 15.9. The Bertz CT molecular complexity index is 635. The van der Waals surface area contributed by atoms with Crippen LogP contribution in [0.3, 0.4) is 0 Å². The predicted octanol–water partition coefficient (Wildman–Crippen LogP) is 2.12. The number of rotatable bonds is 8. The van der Waals surface area contributed by atoms with Crippen LogP contribution in [0, 0.1) is 0 Å². The first-order valence-electron chi connectivity index (χ1n) is 9.58. The van der Waals surface area contributed by atoms with E-state index in [9.17, 15) is 14.4 Å². The van der Waals surface area contributed by atoms with E-state index in [0.29, 0.717) is 32.5 Å². The molecule has 3 amide bonds. The molecule has 2 rings (SSSR count). The number of aliphatic carboxylic acids is 1. The highest BCUT2D eigenvalue weighted by Crippen LogP contribution is 2.10. The van der Waals surface area contributed by atoms with Crippen molar-refractivity contribution >= 4 is 17.9 Å². The largest absolute Gasteiger partial charge is 0.481 e. The van der Waals surface area contributed by atoms with E-state index in [4.69, 9.17) is 5.11 Å². The van der Waals surface area contributed by atoms with Crippen LogP contribution in [0.4, 0.5) is 4.79 Å². The molecule has 1 heterocycles. The maximum Gasteiger partial charge on any atom is 0.318 e. The number of urea groups is 1. The zero-order chi connectivity index (χ0) is 19.6. The van der Waals surface area contributed by atoms with E-state index in [1.807, 2.05) is 37.3 Å². The normalized spacial score (nSPS) is 16.0. The summed E-state index contributed by atoms with van der Waals surface area (Å²) in [6.45, 7) is 4.00. The van der Waals surface area contributed by atoms with Gasteiger partial charge in [0.1, 0.15) is 6.54 Å². The summed E-state index contributed by atoms with van der Waals surface area (Å²) in [6.07, 6.45) is 2.54. The monoisotopic (exact) mass is 375 g/mol. The molecule has 0 bridgehead atoms. The summed E-state index contributed by atoms with van der Waals surface area (Å²) in [4.78, 5) is 39.3. The average Bonchev–Trinajstić information content (AvgIpc) is 2.83. The molecule has 1 atom stereocenters. The number of carboxylic acids is 1. The number of benzene rings is 1. The molecule has 0 aliphatic carbocycles. The molecule has 1 saturated heterocycles. The van der Waals surface area contributed by atoms with E-state index < -0.39 is 5.97 Å². The second-order valence-corrected chi connectivity index (χ2v) is 6.92. The SMILES string of the molecule is CCCN1CCCN(C(=O)NC(CCC(=O)O)Cc2ccccc2)CC1=O. The van der Waals surface area contributed by atoms with E-state index in [2.05, 4.69) is 5.32 Å². The van der Waals surface area contributed by atoms with E-state index in [-0.39, 0.29) is 30.9 Å². The fourth-order valence-corrected chi connectivity index (χ4v) is 3.29. The van der Waals surface area contributed by atoms with Crippen molar-refractivity contribution in [2.45, 2.75) is 45.1 Å². The Kier molecular flexibility index (Phi) is 8.10. The van der Waals surface area contributed by atoms with Crippen LogP contribution in [0.2, 0.25) is 0 Å². The molecule has 1 aliphatic heterocycles. The standard InChI is InChI=1S/C20H29N3O4/c1-2-11-22-12-6-13-23(15-18(22)24)20(27)21-17(9-10-19(25)26)14-16-7-4-3-5-8-16/h3-5,7-8,17H,2,6,9-15H2,1H3,(H,21,27)(H,25,26). The first-order valence-corrected chi connectivity index (χ1v) is 9.58. The number of amides is 3. The molecule has 1 aromatic rings. The predicted molar refractivity (Wildman–Crippen MR) is 102 cm³/mol. The quantitative estimate of drug-likeness (QED) is 0.728. The molecule has 7 heteroatoms. The van der Waals surface area contributed by atoms with Gasteiger partial charge in [-0.25, -0.2) is 4.79 Å². The fraction of sp³-hybridized carbons (Fsp3) is 0.550. The van der Waals surface area contributed by atoms with Crippen LogP contribution in [0.5, 0.6) is 0 Å². The van der Waals surface area contributed by atoms with Gasteiger partial charge in [0.15, 0.2) is 0 Å². The van der Waals surface area contributed by atoms with Gasteiger partial charge in [-0.1, -0.05) is 37.3 Å². The van der Waals surface area contributed by atoms with Crippen molar-refractivity contribution in [3.05, 3.63) is 35.9 Å². The fourth-order valence-electron chi connectivity index (χ4n) is 3.29. The molecule has 0 aromatic heterocycles. The first kappa shape index (κ1) is 20.7. The molecular weight excluding hydrogens is 346 g/mol. The molecule has 1 unspecified atom stereocenters. The summed E-state index contributed by atoms with van der Waals surface area (Å²) in [5.74, 6) is -0.919. The number of hydrogen-bond acceptors (Lipinski definition) is 3. The smallest absolute Gasteiger partial charge is 0.318 e. The second-order valence-electron chi connectivity index (χ2n) is 6.92. The molecule has 1 fully saturated rings. The molecule has 148 valence electrons. The molecular formula is C20H29N3O4. The Morgan fingerprint density at radius 1 is 1.22 bits per heavy atom. The van der Waals surface area contributed by atoms with Gasteiger partial charge in [0, 0.05) is 32.1 Å². The van der Waals surface area contributed by atoms with Crippen LogP contribution in [-0.4, -0.2) is 65.0 Å². The third-order valence-electron chi connectivity index (χ3n) is 4.67.